The fraction of sp³-hybridized carbons (Fsp3) is 0.485. The summed E-state index contributed by atoms with van der Waals surface area (Å²) in [5.74, 6) is -1.87. The molecule has 9 nitrogen and oxygen atoms in total. The number of anilines is 2. The second-order valence-corrected chi connectivity index (χ2v) is 14.4. The molecule has 4 aliphatic rings. The molecular formula is C33H32F5N7O2S. The lowest BCUT2D eigenvalue weighted by molar-refractivity contribution is -0.137. The summed E-state index contributed by atoms with van der Waals surface area (Å²) < 4.78 is 88.2. The first-order chi connectivity index (χ1) is 23.0. The summed E-state index contributed by atoms with van der Waals surface area (Å²) >= 11 is 0.727. The summed E-state index contributed by atoms with van der Waals surface area (Å²) in [5, 5.41) is 13.0. The van der Waals surface area contributed by atoms with E-state index in [0.29, 0.717) is 26.3 Å². The van der Waals surface area contributed by atoms with Crippen LogP contribution in [0.4, 0.5) is 32.8 Å². The highest BCUT2D eigenvalue weighted by Gasteiger charge is 2.45. The zero-order valence-electron chi connectivity index (χ0n) is 25.8. The van der Waals surface area contributed by atoms with Crippen LogP contribution in [0.5, 0.6) is 6.01 Å². The van der Waals surface area contributed by atoms with E-state index in [2.05, 4.69) is 20.2 Å². The van der Waals surface area contributed by atoms with Crippen LogP contribution in [0.15, 0.2) is 18.2 Å². The van der Waals surface area contributed by atoms with Crippen LogP contribution in [-0.4, -0.2) is 79.5 Å². The molecule has 0 spiro atoms. The lowest BCUT2D eigenvalue weighted by atomic mass is 9.92. The lowest BCUT2D eigenvalue weighted by Crippen LogP contribution is -2.51. The predicted molar refractivity (Wildman–Crippen MR) is 171 cm³/mol. The van der Waals surface area contributed by atoms with E-state index in [0.717, 1.165) is 74.9 Å². The topological polar surface area (TPSA) is 113 Å². The predicted octanol–water partition coefficient (Wildman–Crippen LogP) is 5.69. The molecule has 2 aromatic heterocycles. The van der Waals surface area contributed by atoms with E-state index in [9.17, 15) is 22.8 Å². The molecule has 3 N–H and O–H groups in total. The highest BCUT2D eigenvalue weighted by Crippen LogP contribution is 2.49. The van der Waals surface area contributed by atoms with Gasteiger partial charge in [0, 0.05) is 66.6 Å². The molecule has 1 aliphatic carbocycles. The largest absolute Gasteiger partial charge is 0.463 e. The summed E-state index contributed by atoms with van der Waals surface area (Å²) in [6, 6.07) is 4.86. The number of aromatic nitrogens is 2. The summed E-state index contributed by atoms with van der Waals surface area (Å²) in [7, 11) is 0. The number of nitrogens with zero attached hydrogens (tertiary/aromatic N) is 5. The first-order valence-corrected chi connectivity index (χ1v) is 16.8. The molecule has 0 radical (unpaired) electrons. The second kappa shape index (κ2) is 11.6. The number of ether oxygens (including phenoxy) is 2. The fourth-order valence-electron chi connectivity index (χ4n) is 7.44. The maximum absolute atomic E-state index is 17.0. The van der Waals surface area contributed by atoms with Crippen molar-refractivity contribution in [2.45, 2.75) is 43.9 Å². The molecule has 3 aliphatic heterocycles. The highest BCUT2D eigenvalue weighted by atomic mass is 32.1. The maximum Gasteiger partial charge on any atom is 0.417 e. The Morgan fingerprint density at radius 3 is 2.52 bits per heavy atom. The van der Waals surface area contributed by atoms with E-state index in [1.54, 1.807) is 0 Å². The first kappa shape index (κ1) is 31.4. The van der Waals surface area contributed by atoms with E-state index in [-0.39, 0.29) is 73.1 Å². The highest BCUT2D eigenvalue weighted by molar-refractivity contribution is 7.23. The van der Waals surface area contributed by atoms with Gasteiger partial charge in [-0.25, -0.2) is 8.78 Å². The molecule has 1 saturated carbocycles. The van der Waals surface area contributed by atoms with Gasteiger partial charge in [0.05, 0.1) is 35.6 Å². The van der Waals surface area contributed by atoms with Gasteiger partial charge in [0.1, 0.15) is 28.2 Å². The summed E-state index contributed by atoms with van der Waals surface area (Å²) in [4.78, 5) is 13.3. The molecular weight excluding hydrogens is 653 g/mol. The van der Waals surface area contributed by atoms with Gasteiger partial charge in [-0.3, -0.25) is 4.90 Å². The van der Waals surface area contributed by atoms with Crippen LogP contribution in [0.3, 0.4) is 0 Å². The third-order valence-corrected chi connectivity index (χ3v) is 11.1. The minimum Gasteiger partial charge on any atom is -0.463 e. The Hall–Kier alpha value is -3.84. The van der Waals surface area contributed by atoms with Crippen molar-refractivity contribution in [2.75, 3.05) is 63.2 Å². The smallest absolute Gasteiger partial charge is 0.417 e. The number of hydrogen-bond donors (Lipinski definition) is 2. The van der Waals surface area contributed by atoms with Crippen molar-refractivity contribution in [1.82, 2.24) is 20.2 Å². The third-order valence-electron chi connectivity index (χ3n) is 10.0. The number of nitrogen functional groups attached to an aromatic ring is 1. The van der Waals surface area contributed by atoms with Crippen molar-refractivity contribution in [2.24, 2.45) is 5.41 Å². The van der Waals surface area contributed by atoms with Gasteiger partial charge in [0.25, 0.3) is 0 Å². The number of halogens is 5. The van der Waals surface area contributed by atoms with E-state index >= 15 is 4.39 Å². The van der Waals surface area contributed by atoms with Gasteiger partial charge in [-0.1, -0.05) is 6.07 Å². The molecule has 252 valence electrons. The summed E-state index contributed by atoms with van der Waals surface area (Å²) in [6.07, 6.45) is -1.33. The maximum atomic E-state index is 17.0. The minimum atomic E-state index is -5.02. The number of nitriles is 1. The van der Waals surface area contributed by atoms with Gasteiger partial charge in [0.15, 0.2) is 5.82 Å². The van der Waals surface area contributed by atoms with Crippen LogP contribution in [0.1, 0.15) is 36.8 Å². The lowest BCUT2D eigenvalue weighted by Gasteiger charge is -2.34. The van der Waals surface area contributed by atoms with Gasteiger partial charge >= 0.3 is 12.2 Å². The molecule has 2 bridgehead atoms. The minimum absolute atomic E-state index is 0.0756. The van der Waals surface area contributed by atoms with E-state index in [1.807, 2.05) is 11.0 Å². The Morgan fingerprint density at radius 1 is 1.12 bits per heavy atom. The van der Waals surface area contributed by atoms with Gasteiger partial charge in [0.2, 0.25) is 0 Å². The number of morpholine rings is 1. The number of rotatable bonds is 7. The van der Waals surface area contributed by atoms with Crippen molar-refractivity contribution in [3.8, 4) is 23.2 Å². The first-order valence-electron chi connectivity index (χ1n) is 16.0. The van der Waals surface area contributed by atoms with Crippen molar-refractivity contribution < 1.29 is 31.4 Å². The van der Waals surface area contributed by atoms with Crippen LogP contribution in [0.2, 0.25) is 0 Å². The van der Waals surface area contributed by atoms with Crippen LogP contribution in [0, 0.1) is 28.4 Å². The van der Waals surface area contributed by atoms with E-state index < -0.39 is 28.9 Å². The van der Waals surface area contributed by atoms with Gasteiger partial charge < -0.3 is 25.4 Å². The number of piperazine rings is 1. The molecule has 48 heavy (non-hydrogen) atoms. The van der Waals surface area contributed by atoms with Crippen LogP contribution in [0.25, 0.3) is 32.1 Å². The molecule has 8 rings (SSSR count). The molecule has 3 saturated heterocycles. The molecule has 2 atom stereocenters. The third kappa shape index (κ3) is 5.48. The van der Waals surface area contributed by atoms with Gasteiger partial charge in [-0.15, -0.1) is 11.3 Å². The van der Waals surface area contributed by atoms with Crippen LogP contribution >= 0.6 is 11.3 Å². The van der Waals surface area contributed by atoms with E-state index in [4.69, 9.17) is 15.2 Å². The number of alkyl halides is 3. The molecule has 5 heterocycles. The standard InChI is InChI=1S/C33H32F5N7O2S/c34-23-4-3-19(24-21(12-39)29(40)48-28(23)24)25-22(33(36,37)38)11-20-27(26(25)35)42-31(43-30(20)45-13-17-1-2-18(14-45)41-17)47-16-32(5-6-32)15-44-7-9-46-10-8-44/h3-4,11,17-18,41H,1-2,5-10,13-16,40H2. The molecule has 4 fully saturated rings. The quantitative estimate of drug-likeness (QED) is 0.237. The second-order valence-electron chi connectivity index (χ2n) is 13.3. The van der Waals surface area contributed by atoms with Crippen LogP contribution < -0.4 is 20.7 Å². The number of fused-ring (bicyclic) bond motifs is 4. The molecule has 2 unspecified atom stereocenters. The van der Waals surface area contributed by atoms with Crippen molar-refractivity contribution in [1.29, 1.82) is 5.26 Å². The monoisotopic (exact) mass is 685 g/mol. The summed E-state index contributed by atoms with van der Waals surface area (Å²) in [5.41, 5.74) is 2.87. The molecule has 0 amide bonds. The number of hydrogen-bond acceptors (Lipinski definition) is 10. The zero-order chi connectivity index (χ0) is 33.4. The van der Waals surface area contributed by atoms with Gasteiger partial charge in [-0.05, 0) is 43.4 Å². The zero-order valence-corrected chi connectivity index (χ0v) is 26.6. The molecule has 4 aromatic rings. The Labute approximate surface area is 276 Å². The van der Waals surface area contributed by atoms with Crippen molar-refractivity contribution in [3.05, 3.63) is 41.0 Å². The van der Waals surface area contributed by atoms with Crippen LogP contribution in [-0.2, 0) is 10.9 Å². The molecule has 2 aromatic carbocycles. The normalized spacial score (nSPS) is 22.4. The average molecular weight is 686 g/mol. The Kier molecular flexibility index (Phi) is 7.63. The number of nitrogens with one attached hydrogen (secondary N) is 1. The van der Waals surface area contributed by atoms with Crippen molar-refractivity contribution >= 4 is 43.1 Å². The van der Waals surface area contributed by atoms with E-state index in [1.165, 1.54) is 0 Å². The number of thiophene rings is 1. The molecule has 15 heteroatoms. The SMILES string of the molecule is N#Cc1c(N)sc2c(F)ccc(-c3c(C(F)(F)F)cc4c(N5CC6CCC(C5)N6)nc(OCC5(CN6CCOCC6)CC5)nc4c3F)c12. The fourth-order valence-corrected chi connectivity index (χ4v) is 8.39. The van der Waals surface area contributed by atoms with Gasteiger partial charge in [-0.2, -0.15) is 28.4 Å². The Morgan fingerprint density at radius 2 is 1.85 bits per heavy atom. The Balaban J connectivity index is 1.29. The van der Waals surface area contributed by atoms with Crippen molar-refractivity contribution in [3.63, 3.8) is 0 Å². The number of benzene rings is 2. The Bertz CT molecular complexity index is 1960. The number of nitrogens with two attached hydrogens (primary N) is 1. The summed E-state index contributed by atoms with van der Waals surface area (Å²) in [6.45, 7) is 5.00. The average Bonchev–Trinajstić information content (AvgIpc) is 3.62.